The van der Waals surface area contributed by atoms with Gasteiger partial charge in [0.15, 0.2) is 0 Å². The van der Waals surface area contributed by atoms with Crippen LogP contribution in [0.4, 0.5) is 11.4 Å². The molecule has 2 aromatic carbocycles. The zero-order chi connectivity index (χ0) is 15.4. The van der Waals surface area contributed by atoms with Crippen LogP contribution in [0.5, 0.6) is 0 Å². The first kappa shape index (κ1) is 15.8. The molecule has 6 heteroatoms. The van der Waals surface area contributed by atoms with Gasteiger partial charge in [-0.05, 0) is 65.4 Å². The Kier molecular flexibility index (Phi) is 5.19. The molecule has 0 aliphatic rings. The Hall–Kier alpha value is -1.60. The average Bonchev–Trinajstić information content (AvgIpc) is 2.44. The second kappa shape index (κ2) is 6.91. The Labute approximate surface area is 141 Å². The van der Waals surface area contributed by atoms with Gasteiger partial charge >= 0.3 is 11.8 Å². The van der Waals surface area contributed by atoms with E-state index in [2.05, 4.69) is 33.2 Å². The molecule has 0 atom stereocenters. The van der Waals surface area contributed by atoms with E-state index in [-0.39, 0.29) is 0 Å². The monoisotopic (exact) mass is 414 g/mol. The number of halogens is 2. The van der Waals surface area contributed by atoms with Crippen molar-refractivity contribution in [1.29, 1.82) is 0 Å². The first-order valence-corrected chi connectivity index (χ1v) is 7.56. The summed E-state index contributed by atoms with van der Waals surface area (Å²) in [6, 6.07) is 12.3. The molecule has 0 spiro atoms. The molecule has 108 valence electrons. The molecule has 0 heterocycles. The van der Waals surface area contributed by atoms with Gasteiger partial charge in [0.2, 0.25) is 0 Å². The van der Waals surface area contributed by atoms with Gasteiger partial charge in [-0.2, -0.15) is 0 Å². The summed E-state index contributed by atoms with van der Waals surface area (Å²) < 4.78 is 1.06. The average molecular weight is 415 g/mol. The van der Waals surface area contributed by atoms with Gasteiger partial charge in [0.05, 0.1) is 10.7 Å². The molecule has 2 amide bonds. The summed E-state index contributed by atoms with van der Waals surface area (Å²) in [5.74, 6) is -1.50. The lowest BCUT2D eigenvalue weighted by molar-refractivity contribution is -0.133. The lowest BCUT2D eigenvalue weighted by atomic mass is 10.2. The molecule has 2 rings (SSSR count). The van der Waals surface area contributed by atoms with Gasteiger partial charge in [-0.1, -0.05) is 23.7 Å². The van der Waals surface area contributed by atoms with E-state index >= 15 is 0 Å². The Morgan fingerprint density at radius 1 is 1.00 bits per heavy atom. The van der Waals surface area contributed by atoms with Gasteiger partial charge in [0.25, 0.3) is 0 Å². The summed E-state index contributed by atoms with van der Waals surface area (Å²) in [7, 11) is 0. The summed E-state index contributed by atoms with van der Waals surface area (Å²) in [6.07, 6.45) is 0. The molecule has 0 aliphatic carbocycles. The molecule has 2 N–H and O–H groups in total. The summed E-state index contributed by atoms with van der Waals surface area (Å²) in [6.45, 7) is 1.86. The predicted octanol–water partition coefficient (Wildman–Crippen LogP) is 3.83. The number of amides is 2. The predicted molar refractivity (Wildman–Crippen MR) is 92.6 cm³/mol. The van der Waals surface area contributed by atoms with Crippen LogP contribution < -0.4 is 10.6 Å². The highest BCUT2D eigenvalue weighted by Gasteiger charge is 2.16. The second-order valence-electron chi connectivity index (χ2n) is 4.35. The van der Waals surface area contributed by atoms with Gasteiger partial charge < -0.3 is 10.6 Å². The number of hydrogen-bond donors (Lipinski definition) is 2. The first-order valence-electron chi connectivity index (χ1n) is 6.10. The smallest absolute Gasteiger partial charge is 0.314 e. The van der Waals surface area contributed by atoms with E-state index in [0.29, 0.717) is 16.4 Å². The summed E-state index contributed by atoms with van der Waals surface area (Å²) in [4.78, 5) is 23.8. The number of anilines is 2. The van der Waals surface area contributed by atoms with Crippen LogP contribution in [0, 0.1) is 10.5 Å². The Morgan fingerprint density at radius 3 is 2.24 bits per heavy atom. The molecular formula is C15H12ClIN2O2. The van der Waals surface area contributed by atoms with Crippen molar-refractivity contribution in [2.24, 2.45) is 0 Å². The number of carbonyl (C=O) groups excluding carboxylic acids is 2. The number of benzene rings is 2. The minimum absolute atomic E-state index is 0.379. The minimum Gasteiger partial charge on any atom is -0.318 e. The van der Waals surface area contributed by atoms with Crippen molar-refractivity contribution >= 4 is 57.4 Å². The van der Waals surface area contributed by atoms with Crippen molar-refractivity contribution in [2.45, 2.75) is 6.92 Å². The Bertz CT molecular complexity index is 704. The highest BCUT2D eigenvalue weighted by atomic mass is 127. The van der Waals surface area contributed by atoms with Crippen LogP contribution in [0.3, 0.4) is 0 Å². The van der Waals surface area contributed by atoms with E-state index in [1.807, 2.05) is 19.1 Å². The van der Waals surface area contributed by atoms with E-state index in [1.165, 1.54) is 0 Å². The van der Waals surface area contributed by atoms with Gasteiger partial charge in [-0.3, -0.25) is 9.59 Å². The van der Waals surface area contributed by atoms with Crippen LogP contribution in [0.2, 0.25) is 5.02 Å². The van der Waals surface area contributed by atoms with Gasteiger partial charge in [0.1, 0.15) is 0 Å². The maximum absolute atomic E-state index is 11.9. The normalized spacial score (nSPS) is 10.0. The molecule has 0 aliphatic heterocycles. The van der Waals surface area contributed by atoms with Gasteiger partial charge in [-0.25, -0.2) is 0 Å². The Balaban J connectivity index is 2.06. The van der Waals surface area contributed by atoms with Crippen molar-refractivity contribution in [3.63, 3.8) is 0 Å². The van der Waals surface area contributed by atoms with Crippen LogP contribution in [0.1, 0.15) is 5.56 Å². The highest BCUT2D eigenvalue weighted by Crippen LogP contribution is 2.21. The molecule has 0 fully saturated rings. The maximum Gasteiger partial charge on any atom is 0.314 e. The van der Waals surface area contributed by atoms with Crippen LogP contribution >= 0.6 is 34.2 Å². The van der Waals surface area contributed by atoms with Crippen molar-refractivity contribution in [3.8, 4) is 0 Å². The lowest BCUT2D eigenvalue weighted by Gasteiger charge is -2.09. The standard InChI is InChI=1S/C15H12ClIN2O2/c1-9-8-10(17)6-7-12(9)18-14(20)15(21)19-13-5-3-2-4-11(13)16/h2-8H,1H3,(H,18,20)(H,19,21). The van der Waals surface area contributed by atoms with Gasteiger partial charge in [-0.15, -0.1) is 0 Å². The number of carbonyl (C=O) groups is 2. The highest BCUT2D eigenvalue weighted by molar-refractivity contribution is 14.1. The molecule has 0 saturated heterocycles. The number of aryl methyl sites for hydroxylation is 1. The lowest BCUT2D eigenvalue weighted by Crippen LogP contribution is -2.29. The molecule has 4 nitrogen and oxygen atoms in total. The third-order valence-electron chi connectivity index (χ3n) is 2.76. The quantitative estimate of drug-likeness (QED) is 0.580. The zero-order valence-electron chi connectivity index (χ0n) is 11.1. The molecule has 0 unspecified atom stereocenters. The molecule has 0 aromatic heterocycles. The van der Waals surface area contributed by atoms with E-state index in [1.54, 1.807) is 30.3 Å². The minimum atomic E-state index is -0.763. The molecule has 0 radical (unpaired) electrons. The summed E-state index contributed by atoms with van der Waals surface area (Å²) in [5, 5.41) is 5.43. The molecule has 0 saturated carbocycles. The molecule has 21 heavy (non-hydrogen) atoms. The first-order chi connectivity index (χ1) is 9.97. The fraction of sp³-hybridized carbons (Fsp3) is 0.0667. The maximum atomic E-state index is 11.9. The SMILES string of the molecule is Cc1cc(I)ccc1NC(=O)C(=O)Nc1ccccc1Cl. The van der Waals surface area contributed by atoms with E-state index in [9.17, 15) is 9.59 Å². The summed E-state index contributed by atoms with van der Waals surface area (Å²) >= 11 is 8.11. The molecular weight excluding hydrogens is 403 g/mol. The Morgan fingerprint density at radius 2 is 1.62 bits per heavy atom. The third-order valence-corrected chi connectivity index (χ3v) is 3.77. The molecule has 2 aromatic rings. The van der Waals surface area contributed by atoms with E-state index < -0.39 is 11.8 Å². The van der Waals surface area contributed by atoms with E-state index in [4.69, 9.17) is 11.6 Å². The van der Waals surface area contributed by atoms with Crippen molar-refractivity contribution in [2.75, 3.05) is 10.6 Å². The fourth-order valence-electron chi connectivity index (χ4n) is 1.69. The van der Waals surface area contributed by atoms with Crippen LogP contribution in [-0.2, 0) is 9.59 Å². The fourth-order valence-corrected chi connectivity index (χ4v) is 2.52. The number of para-hydroxylation sites is 1. The second-order valence-corrected chi connectivity index (χ2v) is 6.00. The van der Waals surface area contributed by atoms with Crippen LogP contribution in [0.15, 0.2) is 42.5 Å². The number of nitrogens with one attached hydrogen (secondary N) is 2. The van der Waals surface area contributed by atoms with Crippen LogP contribution in [0.25, 0.3) is 0 Å². The number of hydrogen-bond acceptors (Lipinski definition) is 2. The topological polar surface area (TPSA) is 58.2 Å². The van der Waals surface area contributed by atoms with Crippen molar-refractivity contribution in [3.05, 3.63) is 56.6 Å². The summed E-state index contributed by atoms with van der Waals surface area (Å²) in [5.41, 5.74) is 1.90. The van der Waals surface area contributed by atoms with Crippen molar-refractivity contribution < 1.29 is 9.59 Å². The largest absolute Gasteiger partial charge is 0.318 e. The third kappa shape index (κ3) is 4.18. The zero-order valence-corrected chi connectivity index (χ0v) is 14.0. The molecule has 0 bridgehead atoms. The van der Waals surface area contributed by atoms with E-state index in [0.717, 1.165) is 9.13 Å². The van der Waals surface area contributed by atoms with Crippen LogP contribution in [-0.4, -0.2) is 11.8 Å². The van der Waals surface area contributed by atoms with Crippen molar-refractivity contribution in [1.82, 2.24) is 0 Å². The van der Waals surface area contributed by atoms with Gasteiger partial charge in [0, 0.05) is 9.26 Å². The number of rotatable bonds is 2.